The first-order valence-electron chi connectivity index (χ1n) is 9.27. The van der Waals surface area contributed by atoms with Crippen molar-refractivity contribution in [1.29, 1.82) is 0 Å². The second-order valence-corrected chi connectivity index (χ2v) is 8.17. The number of thiazole rings is 1. The molecule has 28 heavy (non-hydrogen) atoms. The molecule has 3 heterocycles. The average Bonchev–Trinajstić information content (AvgIpc) is 3.37. The van der Waals surface area contributed by atoms with Crippen LogP contribution in [0.25, 0.3) is 0 Å². The van der Waals surface area contributed by atoms with Gasteiger partial charge in [-0.1, -0.05) is 12.1 Å². The number of esters is 1. The van der Waals surface area contributed by atoms with Crippen LogP contribution in [0.3, 0.4) is 0 Å². The van der Waals surface area contributed by atoms with E-state index in [1.807, 2.05) is 11.4 Å². The number of hydrogen-bond acceptors (Lipinski definition) is 6. The minimum Gasteiger partial charge on any atom is -0.469 e. The van der Waals surface area contributed by atoms with Crippen molar-refractivity contribution in [3.05, 3.63) is 46.4 Å². The highest BCUT2D eigenvalue weighted by Gasteiger charge is 2.60. The lowest BCUT2D eigenvalue weighted by molar-refractivity contribution is -0.155. The number of aromatic nitrogens is 1. The molecule has 150 valence electrons. The largest absolute Gasteiger partial charge is 0.469 e. The van der Waals surface area contributed by atoms with Gasteiger partial charge in [0.2, 0.25) is 0 Å². The fourth-order valence-corrected chi connectivity index (χ4v) is 5.47. The molecule has 0 saturated carbocycles. The Morgan fingerprint density at radius 3 is 3.00 bits per heavy atom. The highest BCUT2D eigenvalue weighted by atomic mass is 32.1. The summed E-state index contributed by atoms with van der Waals surface area (Å²) in [7, 11) is 1.44. The third-order valence-corrected chi connectivity index (χ3v) is 6.58. The van der Waals surface area contributed by atoms with E-state index in [9.17, 15) is 13.6 Å². The molecule has 0 unspecified atom stereocenters. The van der Waals surface area contributed by atoms with Crippen LogP contribution in [-0.2, 0) is 22.5 Å². The SMILES string of the molecule is COC(=O)[C@@]1(Cc2cscn2)C[C@H]2CC[C@@H]1N2Cc1cccc(OC(F)F)c1. The number of nitrogens with zero attached hydrogens (tertiary/aromatic N) is 2. The molecule has 1 aromatic heterocycles. The lowest BCUT2D eigenvalue weighted by atomic mass is 9.71. The number of fused-ring (bicyclic) bond motifs is 2. The Morgan fingerprint density at radius 1 is 1.43 bits per heavy atom. The number of hydrogen-bond donors (Lipinski definition) is 0. The van der Waals surface area contributed by atoms with Crippen LogP contribution in [0.4, 0.5) is 8.78 Å². The second kappa shape index (κ2) is 7.75. The lowest BCUT2D eigenvalue weighted by Crippen LogP contribution is -2.45. The molecule has 0 aliphatic carbocycles. The van der Waals surface area contributed by atoms with Gasteiger partial charge in [-0.15, -0.1) is 11.3 Å². The first-order chi connectivity index (χ1) is 13.5. The number of carbonyl (C=O) groups excluding carboxylic acids is 1. The zero-order chi connectivity index (χ0) is 19.7. The van der Waals surface area contributed by atoms with E-state index >= 15 is 0 Å². The minimum atomic E-state index is -2.84. The monoisotopic (exact) mass is 408 g/mol. The summed E-state index contributed by atoms with van der Waals surface area (Å²) >= 11 is 1.52. The molecule has 2 bridgehead atoms. The predicted molar refractivity (Wildman–Crippen MR) is 100 cm³/mol. The zero-order valence-electron chi connectivity index (χ0n) is 15.5. The summed E-state index contributed by atoms with van der Waals surface area (Å²) in [6.45, 7) is -2.26. The molecule has 2 aliphatic heterocycles. The Hall–Kier alpha value is -2.06. The van der Waals surface area contributed by atoms with Crippen molar-refractivity contribution in [3.63, 3.8) is 0 Å². The van der Waals surface area contributed by atoms with E-state index < -0.39 is 12.0 Å². The van der Waals surface area contributed by atoms with Gasteiger partial charge in [-0.2, -0.15) is 8.78 Å². The molecule has 0 spiro atoms. The molecule has 2 aliphatic rings. The van der Waals surface area contributed by atoms with E-state index in [2.05, 4.69) is 14.6 Å². The minimum absolute atomic E-state index is 0.0475. The van der Waals surface area contributed by atoms with Crippen LogP contribution in [0, 0.1) is 5.41 Å². The molecule has 0 amide bonds. The summed E-state index contributed by atoms with van der Waals surface area (Å²) in [6, 6.07) is 7.09. The van der Waals surface area contributed by atoms with Gasteiger partial charge in [-0.3, -0.25) is 9.69 Å². The van der Waals surface area contributed by atoms with Crippen molar-refractivity contribution < 1.29 is 23.0 Å². The van der Waals surface area contributed by atoms with Crippen molar-refractivity contribution in [2.75, 3.05) is 7.11 Å². The van der Waals surface area contributed by atoms with Crippen molar-refractivity contribution in [1.82, 2.24) is 9.88 Å². The fraction of sp³-hybridized carbons (Fsp3) is 0.500. The molecule has 0 N–H and O–H groups in total. The van der Waals surface area contributed by atoms with Crippen molar-refractivity contribution >= 4 is 17.3 Å². The van der Waals surface area contributed by atoms with Crippen LogP contribution >= 0.6 is 11.3 Å². The van der Waals surface area contributed by atoms with Gasteiger partial charge in [0.25, 0.3) is 0 Å². The number of benzene rings is 1. The summed E-state index contributed by atoms with van der Waals surface area (Å²) in [5.74, 6) is -0.0340. The van der Waals surface area contributed by atoms with E-state index in [4.69, 9.17) is 4.74 Å². The second-order valence-electron chi connectivity index (χ2n) is 7.45. The van der Waals surface area contributed by atoms with E-state index in [1.165, 1.54) is 24.5 Å². The molecule has 0 radical (unpaired) electrons. The van der Waals surface area contributed by atoms with Crippen LogP contribution < -0.4 is 4.74 Å². The van der Waals surface area contributed by atoms with E-state index in [0.717, 1.165) is 30.5 Å². The first kappa shape index (κ1) is 19.3. The maximum absolute atomic E-state index is 12.8. The molecular weight excluding hydrogens is 386 g/mol. The van der Waals surface area contributed by atoms with Gasteiger partial charge in [-0.05, 0) is 37.0 Å². The standard InChI is InChI=1S/C20H22F2N2O3S/c1-26-18(25)20(8-14-11-28-12-23-14)9-15-5-6-17(20)24(15)10-13-3-2-4-16(7-13)27-19(21)22/h2-4,7,11-12,15,17,19H,5-6,8-10H2,1H3/t15-,17+,20+/m1/s1. The van der Waals surface area contributed by atoms with E-state index in [-0.39, 0.29) is 23.8 Å². The molecule has 1 aromatic carbocycles. The van der Waals surface area contributed by atoms with Crippen molar-refractivity contribution in [2.24, 2.45) is 5.41 Å². The summed E-state index contributed by atoms with van der Waals surface area (Å²) in [5.41, 5.74) is 2.97. The van der Waals surface area contributed by atoms with Crippen LogP contribution in [0.5, 0.6) is 5.75 Å². The zero-order valence-corrected chi connectivity index (χ0v) is 16.3. The topological polar surface area (TPSA) is 51.7 Å². The van der Waals surface area contributed by atoms with Crippen molar-refractivity contribution in [3.8, 4) is 5.75 Å². The first-order valence-corrected chi connectivity index (χ1v) is 10.2. The van der Waals surface area contributed by atoms with E-state index in [0.29, 0.717) is 13.0 Å². The highest BCUT2D eigenvalue weighted by molar-refractivity contribution is 7.07. The number of carbonyl (C=O) groups is 1. The van der Waals surface area contributed by atoms with Gasteiger partial charge in [0, 0.05) is 30.4 Å². The number of methoxy groups -OCH3 is 1. The van der Waals surface area contributed by atoms with Crippen LogP contribution in [0.15, 0.2) is 35.2 Å². The maximum Gasteiger partial charge on any atom is 0.387 e. The summed E-state index contributed by atoms with van der Waals surface area (Å²) < 4.78 is 34.8. The smallest absolute Gasteiger partial charge is 0.387 e. The molecule has 5 nitrogen and oxygen atoms in total. The number of halogens is 2. The molecule has 4 rings (SSSR count). The maximum atomic E-state index is 12.8. The summed E-state index contributed by atoms with van der Waals surface area (Å²) in [6.07, 6.45) is 3.23. The normalized spacial score (nSPS) is 26.7. The number of alkyl halides is 2. The highest BCUT2D eigenvalue weighted by Crippen LogP contribution is 2.52. The lowest BCUT2D eigenvalue weighted by Gasteiger charge is -2.34. The van der Waals surface area contributed by atoms with E-state index in [1.54, 1.807) is 17.6 Å². The van der Waals surface area contributed by atoms with Gasteiger partial charge >= 0.3 is 12.6 Å². The Balaban J connectivity index is 1.57. The summed E-state index contributed by atoms with van der Waals surface area (Å²) in [5, 5.41) is 1.98. The van der Waals surface area contributed by atoms with Gasteiger partial charge in [0.05, 0.1) is 23.7 Å². The fourth-order valence-electron chi connectivity index (χ4n) is 4.91. The van der Waals surface area contributed by atoms with Crippen LogP contribution in [-0.4, -0.2) is 41.7 Å². The molecule has 2 aromatic rings. The Kier molecular flexibility index (Phi) is 5.33. The Bertz CT molecular complexity index is 833. The predicted octanol–water partition coefficient (Wildman–Crippen LogP) is 3.88. The van der Waals surface area contributed by atoms with Crippen LogP contribution in [0.2, 0.25) is 0 Å². The quantitative estimate of drug-likeness (QED) is 0.651. The molecule has 3 atom stereocenters. The third kappa shape index (κ3) is 3.51. The number of rotatable bonds is 7. The van der Waals surface area contributed by atoms with Crippen molar-refractivity contribution in [2.45, 2.75) is 50.9 Å². The number of ether oxygens (including phenoxy) is 2. The molecule has 2 saturated heterocycles. The molecular formula is C20H22F2N2O3S. The average molecular weight is 408 g/mol. The molecule has 2 fully saturated rings. The van der Waals surface area contributed by atoms with Gasteiger partial charge in [0.15, 0.2) is 0 Å². The Labute approximate surface area is 166 Å². The van der Waals surface area contributed by atoms with Gasteiger partial charge in [0.1, 0.15) is 5.75 Å². The van der Waals surface area contributed by atoms with Gasteiger partial charge < -0.3 is 9.47 Å². The molecule has 8 heteroatoms. The Morgan fingerprint density at radius 2 is 2.29 bits per heavy atom. The third-order valence-electron chi connectivity index (χ3n) is 5.94. The van der Waals surface area contributed by atoms with Gasteiger partial charge in [-0.25, -0.2) is 4.98 Å². The summed E-state index contributed by atoms with van der Waals surface area (Å²) in [4.78, 5) is 19.6. The van der Waals surface area contributed by atoms with Crippen LogP contribution in [0.1, 0.15) is 30.5 Å².